The van der Waals surface area contributed by atoms with Crippen molar-refractivity contribution >= 4 is 39.1 Å². The second kappa shape index (κ2) is 11.9. The molecule has 0 aliphatic heterocycles. The summed E-state index contributed by atoms with van der Waals surface area (Å²) < 4.78 is 26.6. The zero-order valence-electron chi connectivity index (χ0n) is 22.3. The number of amides is 2. The molecule has 1 atom stereocenters. The van der Waals surface area contributed by atoms with Gasteiger partial charge in [-0.25, -0.2) is 8.42 Å². The van der Waals surface area contributed by atoms with E-state index >= 15 is 0 Å². The molecule has 1 saturated carbocycles. The van der Waals surface area contributed by atoms with Gasteiger partial charge in [0.05, 0.1) is 11.9 Å². The number of hydrogen-bond donors (Lipinski definition) is 1. The third kappa shape index (κ3) is 7.95. The Kier molecular flexibility index (Phi) is 9.29. The van der Waals surface area contributed by atoms with Gasteiger partial charge in [-0.05, 0) is 60.6 Å². The van der Waals surface area contributed by atoms with Crippen molar-refractivity contribution < 1.29 is 18.0 Å². The molecule has 202 valence electrons. The van der Waals surface area contributed by atoms with Crippen LogP contribution < -0.4 is 9.62 Å². The smallest absolute Gasteiger partial charge is 0.244 e. The van der Waals surface area contributed by atoms with Gasteiger partial charge in [0.1, 0.15) is 12.6 Å². The molecule has 1 N–H and O–H groups in total. The first kappa shape index (κ1) is 29.0. The Labute approximate surface area is 226 Å². The quantitative estimate of drug-likeness (QED) is 0.485. The molecule has 3 rings (SSSR count). The lowest BCUT2D eigenvalue weighted by Gasteiger charge is -2.32. The van der Waals surface area contributed by atoms with Crippen LogP contribution in [0.25, 0.3) is 0 Å². The van der Waals surface area contributed by atoms with Crippen molar-refractivity contribution in [2.45, 2.75) is 77.4 Å². The van der Waals surface area contributed by atoms with Gasteiger partial charge in [-0.15, -0.1) is 0 Å². The lowest BCUT2D eigenvalue weighted by atomic mass is 9.87. The number of rotatable bonds is 9. The predicted octanol–water partition coefficient (Wildman–Crippen LogP) is 4.88. The van der Waals surface area contributed by atoms with Crippen LogP contribution in [0.1, 0.15) is 64.5 Å². The molecular weight excluding hydrogens is 510 g/mol. The Morgan fingerprint density at radius 2 is 1.70 bits per heavy atom. The summed E-state index contributed by atoms with van der Waals surface area (Å²) in [6, 6.07) is 13.6. The van der Waals surface area contributed by atoms with Crippen molar-refractivity contribution in [3.8, 4) is 0 Å². The van der Waals surface area contributed by atoms with Gasteiger partial charge in [0, 0.05) is 17.6 Å². The molecule has 1 aliphatic rings. The number of nitrogens with zero attached hydrogens (tertiary/aromatic N) is 2. The van der Waals surface area contributed by atoms with E-state index in [1.807, 2.05) is 18.2 Å². The van der Waals surface area contributed by atoms with Gasteiger partial charge in [-0.1, -0.05) is 69.5 Å². The number of carbonyl (C=O) groups is 2. The van der Waals surface area contributed by atoms with E-state index in [-0.39, 0.29) is 23.9 Å². The van der Waals surface area contributed by atoms with Gasteiger partial charge in [-0.2, -0.15) is 0 Å². The SMILES string of the molecule is C[C@@H](C(=O)NC1CCCC1)N(Cc1cccc(Cl)c1)C(=O)CN(c1ccc(C(C)(C)C)cc1)S(C)(=O)=O. The molecular formula is C28H38ClN3O4S. The minimum atomic E-state index is -3.77. The number of sulfonamides is 1. The van der Waals surface area contributed by atoms with Gasteiger partial charge in [0.25, 0.3) is 0 Å². The molecule has 37 heavy (non-hydrogen) atoms. The first-order valence-corrected chi connectivity index (χ1v) is 14.9. The summed E-state index contributed by atoms with van der Waals surface area (Å²) in [4.78, 5) is 28.2. The van der Waals surface area contributed by atoms with Crippen molar-refractivity contribution in [1.82, 2.24) is 10.2 Å². The van der Waals surface area contributed by atoms with Crippen LogP contribution in [0.4, 0.5) is 5.69 Å². The lowest BCUT2D eigenvalue weighted by Crippen LogP contribution is -2.52. The summed E-state index contributed by atoms with van der Waals surface area (Å²) in [5, 5.41) is 3.57. The fourth-order valence-electron chi connectivity index (χ4n) is 4.55. The zero-order chi connectivity index (χ0) is 27.4. The minimum absolute atomic E-state index is 0.0971. The highest BCUT2D eigenvalue weighted by atomic mass is 35.5. The first-order chi connectivity index (χ1) is 17.3. The van der Waals surface area contributed by atoms with E-state index < -0.39 is 28.5 Å². The van der Waals surface area contributed by atoms with Crippen LogP contribution in [0, 0.1) is 0 Å². The van der Waals surface area contributed by atoms with Crippen molar-refractivity contribution in [2.24, 2.45) is 0 Å². The van der Waals surface area contributed by atoms with Crippen LogP contribution in [-0.4, -0.2) is 50.0 Å². The summed E-state index contributed by atoms with van der Waals surface area (Å²) in [6.07, 6.45) is 5.07. The fourth-order valence-corrected chi connectivity index (χ4v) is 5.61. The number of carbonyl (C=O) groups excluding carboxylic acids is 2. The molecule has 0 saturated heterocycles. The maximum atomic E-state index is 13.7. The minimum Gasteiger partial charge on any atom is -0.352 e. The second-order valence-electron chi connectivity index (χ2n) is 10.9. The van der Waals surface area contributed by atoms with E-state index in [4.69, 9.17) is 11.6 Å². The Hall–Kier alpha value is -2.58. The van der Waals surface area contributed by atoms with Crippen LogP contribution in [0.5, 0.6) is 0 Å². The molecule has 0 heterocycles. The number of benzene rings is 2. The first-order valence-electron chi connectivity index (χ1n) is 12.7. The molecule has 2 aromatic carbocycles. The van der Waals surface area contributed by atoms with Crippen molar-refractivity contribution in [3.63, 3.8) is 0 Å². The molecule has 0 aromatic heterocycles. The number of anilines is 1. The topological polar surface area (TPSA) is 86.8 Å². The fraction of sp³-hybridized carbons (Fsp3) is 0.500. The Morgan fingerprint density at radius 1 is 1.08 bits per heavy atom. The summed E-state index contributed by atoms with van der Waals surface area (Å²) in [5.41, 5.74) is 2.10. The summed E-state index contributed by atoms with van der Waals surface area (Å²) in [7, 11) is -3.77. The molecule has 7 nitrogen and oxygen atoms in total. The van der Waals surface area contributed by atoms with E-state index in [2.05, 4.69) is 26.1 Å². The molecule has 2 amide bonds. The van der Waals surface area contributed by atoms with Crippen LogP contribution in [0.3, 0.4) is 0 Å². The van der Waals surface area contributed by atoms with Crippen LogP contribution in [0.15, 0.2) is 48.5 Å². The largest absolute Gasteiger partial charge is 0.352 e. The van der Waals surface area contributed by atoms with Crippen LogP contribution >= 0.6 is 11.6 Å². The average Bonchev–Trinajstić information content (AvgIpc) is 3.32. The number of nitrogens with one attached hydrogen (secondary N) is 1. The highest BCUT2D eigenvalue weighted by molar-refractivity contribution is 7.92. The number of halogens is 1. The Balaban J connectivity index is 1.88. The maximum absolute atomic E-state index is 13.7. The molecule has 2 aromatic rings. The van der Waals surface area contributed by atoms with Crippen LogP contribution in [-0.2, 0) is 31.6 Å². The van der Waals surface area contributed by atoms with Crippen molar-refractivity contribution in [3.05, 3.63) is 64.7 Å². The molecule has 0 spiro atoms. The van der Waals surface area contributed by atoms with E-state index in [0.717, 1.165) is 47.4 Å². The molecule has 0 unspecified atom stereocenters. The lowest BCUT2D eigenvalue weighted by molar-refractivity contribution is -0.139. The molecule has 0 bridgehead atoms. The van der Waals surface area contributed by atoms with Gasteiger partial charge in [0.15, 0.2) is 0 Å². The van der Waals surface area contributed by atoms with Gasteiger partial charge < -0.3 is 10.2 Å². The van der Waals surface area contributed by atoms with Gasteiger partial charge in [-0.3, -0.25) is 13.9 Å². The highest BCUT2D eigenvalue weighted by Gasteiger charge is 2.31. The zero-order valence-corrected chi connectivity index (χ0v) is 23.9. The maximum Gasteiger partial charge on any atom is 0.244 e. The normalized spacial score (nSPS) is 15.3. The van der Waals surface area contributed by atoms with Gasteiger partial charge >= 0.3 is 0 Å². The third-order valence-electron chi connectivity index (χ3n) is 6.81. The molecule has 1 fully saturated rings. The monoisotopic (exact) mass is 547 g/mol. The Bertz CT molecular complexity index is 1200. The third-order valence-corrected chi connectivity index (χ3v) is 8.19. The van der Waals surface area contributed by atoms with Crippen LogP contribution in [0.2, 0.25) is 5.02 Å². The van der Waals surface area contributed by atoms with Crippen molar-refractivity contribution in [1.29, 1.82) is 0 Å². The predicted molar refractivity (Wildman–Crippen MR) is 149 cm³/mol. The van der Waals surface area contributed by atoms with E-state index in [9.17, 15) is 18.0 Å². The van der Waals surface area contributed by atoms with E-state index in [1.54, 1.807) is 37.3 Å². The molecule has 0 radical (unpaired) electrons. The van der Waals surface area contributed by atoms with Crippen molar-refractivity contribution in [2.75, 3.05) is 17.1 Å². The average molecular weight is 548 g/mol. The summed E-state index contributed by atoms with van der Waals surface area (Å²) in [6.45, 7) is 7.60. The standard InChI is InChI=1S/C28H38ClN3O4S/c1-20(27(34)30-24-11-6-7-12-24)31(18-21-9-8-10-23(29)17-21)26(33)19-32(37(5,35)36)25-15-13-22(14-16-25)28(2,3)4/h8-10,13-17,20,24H,6-7,11-12,18-19H2,1-5H3,(H,30,34)/t20-/m0/s1. The number of hydrogen-bond acceptors (Lipinski definition) is 4. The summed E-state index contributed by atoms with van der Waals surface area (Å²) >= 11 is 6.16. The molecule has 1 aliphatic carbocycles. The summed E-state index contributed by atoms with van der Waals surface area (Å²) in [5.74, 6) is -0.720. The van der Waals surface area contributed by atoms with Gasteiger partial charge in [0.2, 0.25) is 21.8 Å². The van der Waals surface area contributed by atoms with E-state index in [0.29, 0.717) is 10.7 Å². The molecule has 9 heteroatoms. The second-order valence-corrected chi connectivity index (χ2v) is 13.2. The van der Waals surface area contributed by atoms with E-state index in [1.165, 1.54) is 4.90 Å². The Morgan fingerprint density at radius 3 is 2.24 bits per heavy atom. The highest BCUT2D eigenvalue weighted by Crippen LogP contribution is 2.26.